The monoisotopic (exact) mass is 367 g/mol. The Bertz CT molecular complexity index is 237. The Morgan fingerprint density at radius 2 is 1.55 bits per heavy atom. The van der Waals surface area contributed by atoms with E-state index < -0.39 is 0 Å². The molecule has 1 nitrogen and oxygen atoms in total. The van der Waals surface area contributed by atoms with Crippen molar-refractivity contribution >= 4 is 99.2 Å². The molecule has 11 heavy (non-hydrogen) atoms. The zero-order chi connectivity index (χ0) is 7.72. The molecular weight excluding hydrogens is 367 g/mol. The Balaban J connectivity index is 0.000001000. The van der Waals surface area contributed by atoms with Gasteiger partial charge in [0.1, 0.15) is 5.75 Å². The van der Waals surface area contributed by atoms with Crippen LogP contribution in [0.5, 0.6) is 5.75 Å². The Labute approximate surface area is 133 Å². The van der Waals surface area contributed by atoms with Crippen molar-refractivity contribution in [2.75, 3.05) is 0 Å². The first-order valence-electron chi connectivity index (χ1n) is 2.45. The fourth-order valence-corrected chi connectivity index (χ4v) is 1.79. The summed E-state index contributed by atoms with van der Waals surface area (Å²) in [6.45, 7) is 0. The molecule has 0 aliphatic rings. The summed E-state index contributed by atoms with van der Waals surface area (Å²) in [5.41, 5.74) is 0. The first-order chi connectivity index (χ1) is 4.63. The van der Waals surface area contributed by atoms with E-state index in [9.17, 15) is 0 Å². The first kappa shape index (κ1) is 13.1. The summed E-state index contributed by atoms with van der Waals surface area (Å²) in [5, 5.41) is 9.13. The quantitative estimate of drug-likeness (QED) is 0.549. The summed E-state index contributed by atoms with van der Waals surface area (Å²) in [6.07, 6.45) is 0. The van der Waals surface area contributed by atoms with Crippen LogP contribution in [0.15, 0.2) is 25.6 Å². The molecule has 0 saturated carbocycles. The van der Waals surface area contributed by atoms with Crippen molar-refractivity contribution in [2.45, 2.75) is 0 Å². The Morgan fingerprint density at radius 3 is 2.00 bits per heavy atom. The van der Waals surface area contributed by atoms with Crippen molar-refractivity contribution in [1.82, 2.24) is 0 Å². The molecule has 5 heteroatoms. The summed E-state index contributed by atoms with van der Waals surface area (Å²) < 4.78 is 2.41. The normalized spacial score (nSPS) is 9.00. The number of hydrogen-bond donors (Lipinski definition) is 1. The van der Waals surface area contributed by atoms with Gasteiger partial charge in [0.15, 0.2) is 0 Å². The smallest absolute Gasteiger partial charge is 0.130 e. The molecule has 0 heterocycles. The number of halogens is 3. The van der Waals surface area contributed by atoms with Crippen LogP contribution in [-0.4, -0.2) is 56.5 Å². The zero-order valence-corrected chi connectivity index (χ0v) is 13.6. The topological polar surface area (TPSA) is 20.2 Å². The van der Waals surface area contributed by atoms with Gasteiger partial charge in [-0.1, -0.05) is 0 Å². The number of phenolic OH excluding ortho intramolecular Hbond substituents is 1. The van der Waals surface area contributed by atoms with Crippen LogP contribution >= 0.6 is 47.8 Å². The summed E-state index contributed by atoms with van der Waals surface area (Å²) in [6, 6.07) is 3.38. The standard InChI is InChI=1S/C6H3Br3O.K/c7-3-1-2-4(10)6(9)5(3)8;/h1-2,10H;. The third-order valence-electron chi connectivity index (χ3n) is 1.01. The minimum absolute atomic E-state index is 0. The molecular formula is C6H3Br3KO. The van der Waals surface area contributed by atoms with Gasteiger partial charge in [0.05, 0.1) is 4.47 Å². The van der Waals surface area contributed by atoms with Gasteiger partial charge in [0, 0.05) is 60.3 Å². The van der Waals surface area contributed by atoms with Gasteiger partial charge in [-0.25, -0.2) is 0 Å². The predicted molar refractivity (Wildman–Crippen MR) is 57.0 cm³/mol. The van der Waals surface area contributed by atoms with Crippen LogP contribution in [0.1, 0.15) is 0 Å². The van der Waals surface area contributed by atoms with Crippen LogP contribution in [0.4, 0.5) is 0 Å². The van der Waals surface area contributed by atoms with E-state index in [1.54, 1.807) is 12.1 Å². The second-order valence-corrected chi connectivity index (χ2v) is 4.13. The van der Waals surface area contributed by atoms with Crippen LogP contribution in [0, 0.1) is 0 Å². The average Bonchev–Trinajstić information content (AvgIpc) is 1.93. The van der Waals surface area contributed by atoms with Crippen molar-refractivity contribution in [1.29, 1.82) is 0 Å². The molecule has 1 aromatic rings. The maximum atomic E-state index is 9.13. The van der Waals surface area contributed by atoms with Crippen LogP contribution in [0.25, 0.3) is 0 Å². The molecule has 0 bridgehead atoms. The second-order valence-electron chi connectivity index (χ2n) is 1.69. The zero-order valence-electron chi connectivity index (χ0n) is 5.74. The molecule has 0 aliphatic heterocycles. The summed E-state index contributed by atoms with van der Waals surface area (Å²) in [5.74, 6) is 0.232. The molecule has 0 unspecified atom stereocenters. The number of hydrogen-bond acceptors (Lipinski definition) is 1. The Kier molecular flexibility index (Phi) is 6.84. The van der Waals surface area contributed by atoms with E-state index in [2.05, 4.69) is 47.8 Å². The van der Waals surface area contributed by atoms with Gasteiger partial charge in [0.25, 0.3) is 0 Å². The molecule has 0 spiro atoms. The van der Waals surface area contributed by atoms with Gasteiger partial charge in [-0.15, -0.1) is 0 Å². The van der Waals surface area contributed by atoms with Crippen LogP contribution < -0.4 is 0 Å². The first-order valence-corrected chi connectivity index (χ1v) is 4.83. The van der Waals surface area contributed by atoms with Crippen molar-refractivity contribution < 1.29 is 5.11 Å². The minimum atomic E-state index is 0. The largest absolute Gasteiger partial charge is 0.507 e. The maximum Gasteiger partial charge on any atom is 0.130 e. The van der Waals surface area contributed by atoms with Crippen LogP contribution in [0.2, 0.25) is 0 Å². The van der Waals surface area contributed by atoms with E-state index in [0.717, 1.165) is 8.95 Å². The summed E-state index contributed by atoms with van der Waals surface area (Å²) in [7, 11) is 0. The molecule has 55 valence electrons. The molecule has 0 amide bonds. The third-order valence-corrected chi connectivity index (χ3v) is 4.37. The van der Waals surface area contributed by atoms with Gasteiger partial charge in [-0.3, -0.25) is 0 Å². The average molecular weight is 370 g/mol. The van der Waals surface area contributed by atoms with Crippen molar-refractivity contribution in [3.05, 3.63) is 25.6 Å². The summed E-state index contributed by atoms with van der Waals surface area (Å²) >= 11 is 9.77. The SMILES string of the molecule is Oc1ccc(Br)c(Br)c1Br.[K]. The fourth-order valence-electron chi connectivity index (χ4n) is 0.516. The van der Waals surface area contributed by atoms with E-state index in [0.29, 0.717) is 4.47 Å². The van der Waals surface area contributed by atoms with Crippen molar-refractivity contribution in [2.24, 2.45) is 0 Å². The van der Waals surface area contributed by atoms with Crippen LogP contribution in [0.3, 0.4) is 0 Å². The molecule has 0 atom stereocenters. The maximum absolute atomic E-state index is 9.13. The Morgan fingerprint density at radius 1 is 1.00 bits per heavy atom. The fraction of sp³-hybridized carbons (Fsp3) is 0. The van der Waals surface area contributed by atoms with E-state index in [4.69, 9.17) is 5.11 Å². The minimum Gasteiger partial charge on any atom is -0.507 e. The Hall–Kier alpha value is 2.10. The van der Waals surface area contributed by atoms with Crippen LogP contribution in [-0.2, 0) is 0 Å². The van der Waals surface area contributed by atoms with Gasteiger partial charge in [0.2, 0.25) is 0 Å². The van der Waals surface area contributed by atoms with Gasteiger partial charge >= 0.3 is 0 Å². The van der Waals surface area contributed by atoms with Gasteiger partial charge in [-0.2, -0.15) is 0 Å². The van der Waals surface area contributed by atoms with Gasteiger partial charge in [-0.05, 0) is 59.9 Å². The third kappa shape index (κ3) is 3.38. The molecule has 1 aromatic carbocycles. The molecule has 1 rings (SSSR count). The predicted octanol–water partition coefficient (Wildman–Crippen LogP) is 3.30. The van der Waals surface area contributed by atoms with E-state index >= 15 is 0 Å². The van der Waals surface area contributed by atoms with Crippen molar-refractivity contribution in [3.63, 3.8) is 0 Å². The number of benzene rings is 1. The number of rotatable bonds is 0. The summed E-state index contributed by atoms with van der Waals surface area (Å²) in [4.78, 5) is 0. The molecule has 0 aromatic heterocycles. The molecule has 0 fully saturated rings. The van der Waals surface area contributed by atoms with Gasteiger partial charge < -0.3 is 5.11 Å². The van der Waals surface area contributed by atoms with Crippen molar-refractivity contribution in [3.8, 4) is 5.75 Å². The van der Waals surface area contributed by atoms with E-state index in [1.165, 1.54) is 0 Å². The number of phenols is 1. The molecule has 1 N–H and O–H groups in total. The molecule has 0 saturated heterocycles. The van der Waals surface area contributed by atoms with E-state index in [-0.39, 0.29) is 57.1 Å². The second kappa shape index (κ2) is 5.75. The molecule has 1 radical (unpaired) electrons. The van der Waals surface area contributed by atoms with E-state index in [1.807, 2.05) is 0 Å². The number of aromatic hydroxyl groups is 1. The molecule has 0 aliphatic carbocycles.